The van der Waals surface area contributed by atoms with E-state index in [-0.39, 0.29) is 0 Å². The van der Waals surface area contributed by atoms with Crippen molar-refractivity contribution in [3.05, 3.63) is 34.9 Å². The van der Waals surface area contributed by atoms with Crippen LogP contribution in [0.3, 0.4) is 0 Å². The number of aliphatic carboxylic acids is 1. The molecule has 2 unspecified atom stereocenters. The lowest BCUT2D eigenvalue weighted by atomic mass is 9.91. The van der Waals surface area contributed by atoms with Gasteiger partial charge in [-0.05, 0) is 43.9 Å². The SMILES string of the molecule is CC1(C(=O)O)CC(Cc2ccccc2Cl)CN1. The summed E-state index contributed by atoms with van der Waals surface area (Å²) in [6, 6.07) is 7.73. The molecule has 1 aliphatic heterocycles. The van der Waals surface area contributed by atoms with Crippen LogP contribution in [0.5, 0.6) is 0 Å². The van der Waals surface area contributed by atoms with Gasteiger partial charge in [0.05, 0.1) is 0 Å². The molecule has 2 N–H and O–H groups in total. The van der Waals surface area contributed by atoms with E-state index in [1.165, 1.54) is 0 Å². The number of hydrogen-bond acceptors (Lipinski definition) is 2. The summed E-state index contributed by atoms with van der Waals surface area (Å²) in [6.07, 6.45) is 1.48. The van der Waals surface area contributed by atoms with Crippen LogP contribution in [0.4, 0.5) is 0 Å². The smallest absolute Gasteiger partial charge is 0.323 e. The Morgan fingerprint density at radius 3 is 2.88 bits per heavy atom. The summed E-state index contributed by atoms with van der Waals surface area (Å²) in [5, 5.41) is 13.0. The van der Waals surface area contributed by atoms with E-state index in [4.69, 9.17) is 16.7 Å². The van der Waals surface area contributed by atoms with Gasteiger partial charge >= 0.3 is 5.97 Å². The van der Waals surface area contributed by atoms with Crippen molar-refractivity contribution >= 4 is 17.6 Å². The predicted molar refractivity (Wildman–Crippen MR) is 67.3 cm³/mol. The molecule has 1 aliphatic rings. The number of hydrogen-bond donors (Lipinski definition) is 2. The lowest BCUT2D eigenvalue weighted by Gasteiger charge is -2.18. The van der Waals surface area contributed by atoms with E-state index in [0.29, 0.717) is 12.3 Å². The molecule has 1 fully saturated rings. The van der Waals surface area contributed by atoms with Crippen molar-refractivity contribution in [1.29, 1.82) is 0 Å². The number of carboxylic acid groups (broad SMARTS) is 1. The molecule has 2 atom stereocenters. The number of carboxylic acids is 1. The summed E-state index contributed by atoms with van der Waals surface area (Å²) in [7, 11) is 0. The van der Waals surface area contributed by atoms with Crippen molar-refractivity contribution in [2.45, 2.75) is 25.3 Å². The van der Waals surface area contributed by atoms with Gasteiger partial charge in [0, 0.05) is 5.02 Å². The molecule has 1 saturated heterocycles. The molecule has 2 rings (SSSR count). The highest BCUT2D eigenvalue weighted by molar-refractivity contribution is 6.31. The van der Waals surface area contributed by atoms with Gasteiger partial charge in [0.1, 0.15) is 5.54 Å². The van der Waals surface area contributed by atoms with Gasteiger partial charge < -0.3 is 10.4 Å². The van der Waals surface area contributed by atoms with Crippen LogP contribution < -0.4 is 5.32 Å². The fourth-order valence-electron chi connectivity index (χ4n) is 2.37. The molecule has 0 bridgehead atoms. The van der Waals surface area contributed by atoms with Gasteiger partial charge in [0.25, 0.3) is 0 Å². The van der Waals surface area contributed by atoms with Crippen molar-refractivity contribution in [2.75, 3.05) is 6.54 Å². The number of rotatable bonds is 3. The third-order valence-corrected chi connectivity index (χ3v) is 3.79. The third kappa shape index (κ3) is 2.61. The zero-order chi connectivity index (χ0) is 12.5. The summed E-state index contributed by atoms with van der Waals surface area (Å²) in [6.45, 7) is 2.47. The van der Waals surface area contributed by atoms with Gasteiger partial charge in [-0.1, -0.05) is 29.8 Å². The Morgan fingerprint density at radius 1 is 1.59 bits per heavy atom. The number of nitrogens with one attached hydrogen (secondary N) is 1. The zero-order valence-electron chi connectivity index (χ0n) is 9.74. The molecule has 17 heavy (non-hydrogen) atoms. The number of benzene rings is 1. The highest BCUT2D eigenvalue weighted by Crippen LogP contribution is 2.28. The molecule has 0 aliphatic carbocycles. The van der Waals surface area contributed by atoms with Crippen LogP contribution in [0.1, 0.15) is 18.9 Å². The zero-order valence-corrected chi connectivity index (χ0v) is 10.5. The Hall–Kier alpha value is -1.06. The van der Waals surface area contributed by atoms with Crippen LogP contribution in [-0.4, -0.2) is 23.2 Å². The molecule has 0 aromatic heterocycles. The van der Waals surface area contributed by atoms with E-state index in [1.807, 2.05) is 24.3 Å². The molecule has 0 radical (unpaired) electrons. The second kappa shape index (κ2) is 4.67. The molecule has 3 nitrogen and oxygen atoms in total. The van der Waals surface area contributed by atoms with Crippen LogP contribution in [-0.2, 0) is 11.2 Å². The van der Waals surface area contributed by atoms with Crippen molar-refractivity contribution in [2.24, 2.45) is 5.92 Å². The Kier molecular flexibility index (Phi) is 3.40. The maximum Gasteiger partial charge on any atom is 0.323 e. The van der Waals surface area contributed by atoms with E-state index in [9.17, 15) is 4.79 Å². The van der Waals surface area contributed by atoms with Gasteiger partial charge in [0.15, 0.2) is 0 Å². The van der Waals surface area contributed by atoms with Gasteiger partial charge in [-0.3, -0.25) is 4.79 Å². The predicted octanol–water partition coefficient (Wildman–Crippen LogP) is 2.34. The van der Waals surface area contributed by atoms with Crippen LogP contribution >= 0.6 is 11.6 Å². The van der Waals surface area contributed by atoms with Crippen LogP contribution in [0.2, 0.25) is 5.02 Å². The van der Waals surface area contributed by atoms with Crippen molar-refractivity contribution in [1.82, 2.24) is 5.32 Å². The first-order chi connectivity index (χ1) is 8.01. The van der Waals surface area contributed by atoms with Gasteiger partial charge in [-0.2, -0.15) is 0 Å². The first kappa shape index (κ1) is 12.4. The van der Waals surface area contributed by atoms with Gasteiger partial charge in [-0.15, -0.1) is 0 Å². The Bertz CT molecular complexity index is 435. The fourth-order valence-corrected chi connectivity index (χ4v) is 2.59. The average molecular weight is 254 g/mol. The number of halogens is 1. The molecular weight excluding hydrogens is 238 g/mol. The highest BCUT2D eigenvalue weighted by atomic mass is 35.5. The normalized spacial score (nSPS) is 28.2. The highest BCUT2D eigenvalue weighted by Gasteiger charge is 2.40. The van der Waals surface area contributed by atoms with Crippen LogP contribution in [0.25, 0.3) is 0 Å². The fraction of sp³-hybridized carbons (Fsp3) is 0.462. The number of carbonyl (C=O) groups is 1. The standard InChI is InChI=1S/C13H16ClNO2/c1-13(12(16)17)7-9(8-15-13)6-10-4-2-3-5-11(10)14/h2-5,9,15H,6-8H2,1H3,(H,16,17). The summed E-state index contributed by atoms with van der Waals surface area (Å²) in [5.41, 5.74) is 0.307. The van der Waals surface area contributed by atoms with Crippen molar-refractivity contribution < 1.29 is 9.90 Å². The van der Waals surface area contributed by atoms with Crippen molar-refractivity contribution in [3.63, 3.8) is 0 Å². The minimum absolute atomic E-state index is 0.330. The molecule has 1 aromatic carbocycles. The largest absolute Gasteiger partial charge is 0.480 e. The quantitative estimate of drug-likeness (QED) is 0.869. The van der Waals surface area contributed by atoms with Crippen LogP contribution in [0, 0.1) is 5.92 Å². The van der Waals surface area contributed by atoms with Crippen molar-refractivity contribution in [3.8, 4) is 0 Å². The molecule has 0 amide bonds. The second-order valence-corrected chi connectivity index (χ2v) is 5.29. The Labute approximate surface area is 106 Å². The lowest BCUT2D eigenvalue weighted by Crippen LogP contribution is -2.44. The Morgan fingerprint density at radius 2 is 2.29 bits per heavy atom. The summed E-state index contributed by atoms with van der Waals surface area (Å²) in [5.74, 6) is -0.449. The van der Waals surface area contributed by atoms with E-state index in [2.05, 4.69) is 5.32 Å². The Balaban J connectivity index is 2.04. The van der Waals surface area contributed by atoms with E-state index >= 15 is 0 Å². The summed E-state index contributed by atoms with van der Waals surface area (Å²) >= 11 is 6.10. The molecule has 1 aromatic rings. The first-order valence-corrected chi connectivity index (χ1v) is 6.11. The maximum atomic E-state index is 11.1. The molecule has 0 saturated carbocycles. The first-order valence-electron chi connectivity index (χ1n) is 5.73. The van der Waals surface area contributed by atoms with Gasteiger partial charge in [-0.25, -0.2) is 0 Å². The molecular formula is C13H16ClNO2. The minimum atomic E-state index is -0.786. The van der Waals surface area contributed by atoms with Gasteiger partial charge in [0.2, 0.25) is 0 Å². The molecule has 4 heteroatoms. The molecule has 1 heterocycles. The van der Waals surface area contributed by atoms with E-state index < -0.39 is 11.5 Å². The van der Waals surface area contributed by atoms with E-state index in [1.54, 1.807) is 6.92 Å². The summed E-state index contributed by atoms with van der Waals surface area (Å²) in [4.78, 5) is 11.1. The van der Waals surface area contributed by atoms with E-state index in [0.717, 1.165) is 23.6 Å². The topological polar surface area (TPSA) is 49.3 Å². The molecule has 0 spiro atoms. The maximum absolute atomic E-state index is 11.1. The average Bonchev–Trinajstić information content (AvgIpc) is 2.65. The van der Waals surface area contributed by atoms with Crippen LogP contribution in [0.15, 0.2) is 24.3 Å². The molecule has 92 valence electrons. The monoisotopic (exact) mass is 253 g/mol. The second-order valence-electron chi connectivity index (χ2n) is 4.88. The minimum Gasteiger partial charge on any atom is -0.480 e. The lowest BCUT2D eigenvalue weighted by molar-refractivity contribution is -0.143. The third-order valence-electron chi connectivity index (χ3n) is 3.42. The summed E-state index contributed by atoms with van der Waals surface area (Å²) < 4.78 is 0.